The van der Waals surface area contributed by atoms with Crippen molar-refractivity contribution >= 4 is 23.3 Å². The summed E-state index contributed by atoms with van der Waals surface area (Å²) in [6, 6.07) is 9.26. The Bertz CT molecular complexity index is 828. The first-order valence-electron chi connectivity index (χ1n) is 7.88. The molecule has 122 valence electrons. The van der Waals surface area contributed by atoms with Crippen LogP contribution in [0.1, 0.15) is 36.5 Å². The Morgan fingerprint density at radius 1 is 1.21 bits per heavy atom. The fourth-order valence-electron chi connectivity index (χ4n) is 2.72. The van der Waals surface area contributed by atoms with Gasteiger partial charge >= 0.3 is 0 Å². The van der Waals surface area contributed by atoms with Gasteiger partial charge in [0.1, 0.15) is 23.2 Å². The largest absolute Gasteiger partial charge is 0.506 e. The maximum absolute atomic E-state index is 10.3. The number of halogens is 1. The van der Waals surface area contributed by atoms with Crippen LogP contribution in [0.25, 0.3) is 11.6 Å². The summed E-state index contributed by atoms with van der Waals surface area (Å²) in [5, 5.41) is 28.7. The normalized spacial score (nSPS) is 15.5. The highest BCUT2D eigenvalue weighted by molar-refractivity contribution is 6.30. The molecule has 0 fully saturated rings. The lowest BCUT2D eigenvalue weighted by Crippen LogP contribution is -2.06. The average molecular weight is 341 g/mol. The van der Waals surface area contributed by atoms with E-state index in [2.05, 4.69) is 16.3 Å². The Hall–Kier alpha value is -2.58. The molecule has 0 unspecified atom stereocenters. The monoisotopic (exact) mass is 340 g/mol. The highest BCUT2D eigenvalue weighted by atomic mass is 35.5. The number of hydrogen-bond donors (Lipinski definition) is 1. The fourth-order valence-corrected chi connectivity index (χ4v) is 2.85. The van der Waals surface area contributed by atoms with Crippen LogP contribution in [0.4, 0.5) is 0 Å². The zero-order chi connectivity index (χ0) is 16.9. The van der Waals surface area contributed by atoms with Gasteiger partial charge in [-0.25, -0.2) is 0 Å². The summed E-state index contributed by atoms with van der Waals surface area (Å²) < 4.78 is 1.94. The first-order valence-corrected chi connectivity index (χ1v) is 8.26. The Balaban J connectivity index is 1.92. The number of nitriles is 1. The molecule has 1 N–H and O–H groups in total. The number of aryl methyl sites for hydroxylation is 1. The molecule has 2 aromatic rings. The minimum atomic E-state index is -0.119. The van der Waals surface area contributed by atoms with Crippen LogP contribution >= 0.6 is 11.6 Å². The van der Waals surface area contributed by atoms with E-state index in [4.69, 9.17) is 11.6 Å². The molecule has 0 amide bonds. The van der Waals surface area contributed by atoms with E-state index < -0.39 is 0 Å². The number of aromatic nitrogens is 3. The Morgan fingerprint density at radius 2 is 2.00 bits per heavy atom. The molecule has 6 heteroatoms. The molecule has 1 aromatic heterocycles. The quantitative estimate of drug-likeness (QED) is 0.517. The minimum Gasteiger partial charge on any atom is -0.506 e. The van der Waals surface area contributed by atoms with E-state index in [1.807, 2.05) is 16.7 Å². The summed E-state index contributed by atoms with van der Waals surface area (Å²) in [6.07, 6.45) is 7.32. The first kappa shape index (κ1) is 16.3. The average Bonchev–Trinajstić information content (AvgIpc) is 2.83. The number of nitrogens with zero attached hydrogens (tertiary/aromatic N) is 4. The molecule has 24 heavy (non-hydrogen) atoms. The molecule has 0 bridgehead atoms. The van der Waals surface area contributed by atoms with Crippen LogP contribution in [0.5, 0.6) is 0 Å². The highest BCUT2D eigenvalue weighted by Gasteiger charge is 2.19. The van der Waals surface area contributed by atoms with Crippen LogP contribution in [0.15, 0.2) is 36.1 Å². The van der Waals surface area contributed by atoms with E-state index in [1.54, 1.807) is 18.2 Å². The van der Waals surface area contributed by atoms with Crippen molar-refractivity contribution in [3.05, 3.63) is 58.3 Å². The third kappa shape index (κ3) is 3.50. The molecular formula is C18H17ClN4O. The van der Waals surface area contributed by atoms with Crippen molar-refractivity contribution in [2.45, 2.75) is 32.2 Å². The van der Waals surface area contributed by atoms with Crippen molar-refractivity contribution < 1.29 is 5.11 Å². The van der Waals surface area contributed by atoms with Gasteiger partial charge in [0, 0.05) is 18.0 Å². The summed E-state index contributed by atoms with van der Waals surface area (Å²) >= 11 is 5.85. The van der Waals surface area contributed by atoms with Gasteiger partial charge in [-0.05, 0) is 36.6 Å². The van der Waals surface area contributed by atoms with Gasteiger partial charge in [-0.15, -0.1) is 10.2 Å². The standard InChI is InChI=1S/C18H17ClN4O/c19-14-8-5-13(6-9-14)7-10-16(24)15(12-20)18-22-21-17-4-2-1-3-11-23(17)18/h5-10,24H,1-4,11H2/b10-7?,16-15-. The second kappa shape index (κ2) is 7.33. The number of benzene rings is 1. The molecule has 1 aliphatic heterocycles. The fraction of sp³-hybridized carbons (Fsp3) is 0.278. The van der Waals surface area contributed by atoms with Crippen molar-refractivity contribution in [3.8, 4) is 6.07 Å². The first-order chi connectivity index (χ1) is 11.7. The van der Waals surface area contributed by atoms with Crippen LogP contribution in [-0.2, 0) is 13.0 Å². The minimum absolute atomic E-state index is 0.119. The van der Waals surface area contributed by atoms with E-state index in [1.165, 1.54) is 6.08 Å². The lowest BCUT2D eigenvalue weighted by atomic mass is 10.1. The van der Waals surface area contributed by atoms with Crippen LogP contribution in [0.3, 0.4) is 0 Å². The molecule has 1 aromatic carbocycles. The maximum Gasteiger partial charge on any atom is 0.178 e. The van der Waals surface area contributed by atoms with Gasteiger partial charge in [0.05, 0.1) is 0 Å². The number of allylic oxidation sites excluding steroid dienone is 2. The summed E-state index contributed by atoms with van der Waals surface area (Å²) in [4.78, 5) is 0. The number of aliphatic hydroxyl groups excluding tert-OH is 1. The smallest absolute Gasteiger partial charge is 0.178 e. The van der Waals surface area contributed by atoms with Crippen LogP contribution in [0.2, 0.25) is 5.02 Å². The Morgan fingerprint density at radius 3 is 2.75 bits per heavy atom. The van der Waals surface area contributed by atoms with Gasteiger partial charge < -0.3 is 9.67 Å². The number of hydrogen-bond acceptors (Lipinski definition) is 4. The van der Waals surface area contributed by atoms with Gasteiger partial charge in [-0.1, -0.05) is 36.2 Å². The lowest BCUT2D eigenvalue weighted by molar-refractivity contribution is 0.435. The van der Waals surface area contributed by atoms with Crippen molar-refractivity contribution in [1.82, 2.24) is 14.8 Å². The zero-order valence-electron chi connectivity index (χ0n) is 13.1. The van der Waals surface area contributed by atoms with E-state index in [0.29, 0.717) is 10.8 Å². The summed E-state index contributed by atoms with van der Waals surface area (Å²) in [5.41, 5.74) is 1.02. The topological polar surface area (TPSA) is 74.7 Å². The Labute approximate surface area is 145 Å². The van der Waals surface area contributed by atoms with Crippen LogP contribution < -0.4 is 0 Å². The molecule has 0 atom stereocenters. The van der Waals surface area contributed by atoms with Gasteiger partial charge in [-0.3, -0.25) is 0 Å². The molecule has 0 radical (unpaired) electrons. The third-order valence-corrected chi connectivity index (χ3v) is 4.26. The number of fused-ring (bicyclic) bond motifs is 1. The van der Waals surface area contributed by atoms with Gasteiger partial charge in [0.15, 0.2) is 5.82 Å². The zero-order valence-corrected chi connectivity index (χ0v) is 13.9. The van der Waals surface area contributed by atoms with Crippen molar-refractivity contribution in [2.24, 2.45) is 0 Å². The van der Waals surface area contributed by atoms with E-state index in [-0.39, 0.29) is 11.3 Å². The summed E-state index contributed by atoms with van der Waals surface area (Å²) in [5.74, 6) is 1.20. The molecule has 1 aliphatic rings. The maximum atomic E-state index is 10.3. The molecule has 0 saturated heterocycles. The van der Waals surface area contributed by atoms with Crippen molar-refractivity contribution in [1.29, 1.82) is 5.26 Å². The molecule has 3 rings (SSSR count). The molecule has 0 aliphatic carbocycles. The summed E-state index contributed by atoms with van der Waals surface area (Å²) in [6.45, 7) is 0.775. The predicted octanol–water partition coefficient (Wildman–Crippen LogP) is 4.16. The molecule has 5 nitrogen and oxygen atoms in total. The van der Waals surface area contributed by atoms with E-state index in [9.17, 15) is 10.4 Å². The molecule has 2 heterocycles. The van der Waals surface area contributed by atoms with Crippen LogP contribution in [0, 0.1) is 11.3 Å². The van der Waals surface area contributed by atoms with Gasteiger partial charge in [0.2, 0.25) is 0 Å². The predicted molar refractivity (Wildman–Crippen MR) is 93.2 cm³/mol. The van der Waals surface area contributed by atoms with Crippen molar-refractivity contribution in [2.75, 3.05) is 0 Å². The van der Waals surface area contributed by atoms with Crippen molar-refractivity contribution in [3.63, 3.8) is 0 Å². The Kier molecular flexibility index (Phi) is 4.97. The van der Waals surface area contributed by atoms with E-state index >= 15 is 0 Å². The summed E-state index contributed by atoms with van der Waals surface area (Å²) in [7, 11) is 0. The van der Waals surface area contributed by atoms with Crippen LogP contribution in [-0.4, -0.2) is 19.9 Å². The number of aliphatic hydroxyl groups is 1. The SMILES string of the molecule is N#C/C(=C(/O)C=Cc1ccc(Cl)cc1)c1nnc2n1CCCCC2. The second-order valence-corrected chi connectivity index (χ2v) is 6.10. The second-order valence-electron chi connectivity index (χ2n) is 5.66. The van der Waals surface area contributed by atoms with E-state index in [0.717, 1.165) is 43.6 Å². The van der Waals surface area contributed by atoms with Gasteiger partial charge in [0.25, 0.3) is 0 Å². The third-order valence-electron chi connectivity index (χ3n) is 4.00. The molecular weight excluding hydrogens is 324 g/mol. The van der Waals surface area contributed by atoms with Gasteiger partial charge in [-0.2, -0.15) is 5.26 Å². The lowest BCUT2D eigenvalue weighted by Gasteiger charge is -2.06. The molecule has 0 spiro atoms. The number of rotatable bonds is 3. The highest BCUT2D eigenvalue weighted by Crippen LogP contribution is 2.22. The molecule has 0 saturated carbocycles.